The molecule has 0 spiro atoms. The van der Waals surface area contributed by atoms with E-state index in [1.165, 1.54) is 30.9 Å². The molecule has 1 atom stereocenters. The van der Waals surface area contributed by atoms with Crippen LogP contribution in [0.4, 0.5) is 0 Å². The van der Waals surface area contributed by atoms with Gasteiger partial charge < -0.3 is 24.7 Å². The monoisotopic (exact) mass is 477 g/mol. The Kier molecular flexibility index (Phi) is 7.34. The zero-order valence-electron chi connectivity index (χ0n) is 21.2. The van der Waals surface area contributed by atoms with Gasteiger partial charge in [0.2, 0.25) is 5.91 Å². The minimum absolute atomic E-state index is 0.0303. The number of fused-ring (bicyclic) bond motifs is 1. The second kappa shape index (κ2) is 10.4. The lowest BCUT2D eigenvalue weighted by Gasteiger charge is -2.35. The minimum atomic E-state index is -0.605. The second-order valence-electron chi connectivity index (χ2n) is 9.61. The molecule has 186 valence electrons. The van der Waals surface area contributed by atoms with Crippen LogP contribution in [0.2, 0.25) is 0 Å². The summed E-state index contributed by atoms with van der Waals surface area (Å²) in [5.74, 6) is 1.06. The van der Waals surface area contributed by atoms with E-state index in [0.717, 1.165) is 18.4 Å². The van der Waals surface area contributed by atoms with Gasteiger partial charge in [0.05, 0.1) is 14.2 Å². The molecule has 1 aliphatic rings. The van der Waals surface area contributed by atoms with Gasteiger partial charge in [-0.3, -0.25) is 9.59 Å². The molecule has 4 rings (SSSR count). The molecular formula is C28H35N3O4. The summed E-state index contributed by atoms with van der Waals surface area (Å²) in [7, 11) is 3.08. The average molecular weight is 478 g/mol. The van der Waals surface area contributed by atoms with Crippen molar-refractivity contribution in [1.29, 1.82) is 0 Å². The van der Waals surface area contributed by atoms with Crippen molar-refractivity contribution in [3.05, 3.63) is 59.3 Å². The number of para-hydroxylation sites is 1. The van der Waals surface area contributed by atoms with E-state index in [1.54, 1.807) is 18.2 Å². The summed E-state index contributed by atoms with van der Waals surface area (Å²) in [6.45, 7) is 7.39. The summed E-state index contributed by atoms with van der Waals surface area (Å²) < 4.78 is 10.6. The van der Waals surface area contributed by atoms with Crippen LogP contribution in [0.1, 0.15) is 54.2 Å². The molecule has 1 saturated heterocycles. The predicted octanol–water partition coefficient (Wildman–Crippen LogP) is 4.65. The summed E-state index contributed by atoms with van der Waals surface area (Å²) in [6.07, 6.45) is 1.81. The lowest BCUT2D eigenvalue weighted by molar-refractivity contribution is -0.135. The Balaban J connectivity index is 1.45. The first-order valence-corrected chi connectivity index (χ1v) is 12.2. The molecule has 35 heavy (non-hydrogen) atoms. The molecule has 2 amide bonds. The number of nitrogens with zero attached hydrogens (tertiary/aromatic N) is 1. The zero-order valence-corrected chi connectivity index (χ0v) is 21.2. The van der Waals surface area contributed by atoms with Gasteiger partial charge in [-0.2, -0.15) is 0 Å². The second-order valence-corrected chi connectivity index (χ2v) is 9.61. The number of likely N-dealkylation sites (tertiary alicyclic amines) is 1. The van der Waals surface area contributed by atoms with Crippen molar-refractivity contribution >= 4 is 22.7 Å². The highest BCUT2D eigenvalue weighted by molar-refractivity contribution is 5.98. The van der Waals surface area contributed by atoms with E-state index in [-0.39, 0.29) is 17.7 Å². The smallest absolute Gasteiger partial charge is 0.252 e. The van der Waals surface area contributed by atoms with Crippen LogP contribution in [0.5, 0.6) is 11.5 Å². The molecule has 3 aromatic rings. The number of hydrogen-bond acceptors (Lipinski definition) is 4. The SMILES string of the molecule is COc1cc(OC)cc(C(=O)NC(C(=O)N2CCC(c3c(C)[nH]c4ccccc34)CC2)C(C)C)c1. The standard InChI is InChI=1S/C28H35N3O4/c1-17(2)26(30-27(32)20-14-21(34-4)16-22(15-20)35-5)28(33)31-12-10-19(11-13-31)25-18(3)29-24-9-7-6-8-23(24)25/h6-9,14-17,19,26,29H,10-13H2,1-5H3,(H,30,32). The van der Waals surface area contributed by atoms with Crippen LogP contribution in [0, 0.1) is 12.8 Å². The van der Waals surface area contributed by atoms with E-state index in [1.807, 2.05) is 24.8 Å². The number of aryl methyl sites for hydroxylation is 1. The summed E-state index contributed by atoms with van der Waals surface area (Å²) in [6, 6.07) is 12.8. The third-order valence-electron chi connectivity index (χ3n) is 6.99. The summed E-state index contributed by atoms with van der Waals surface area (Å²) >= 11 is 0. The molecule has 7 heteroatoms. The highest BCUT2D eigenvalue weighted by Crippen LogP contribution is 2.36. The van der Waals surface area contributed by atoms with Gasteiger partial charge in [-0.05, 0) is 55.4 Å². The van der Waals surface area contributed by atoms with E-state index in [2.05, 4.69) is 35.4 Å². The average Bonchev–Trinajstić information content (AvgIpc) is 3.21. The number of ether oxygens (including phenoxy) is 2. The Bertz CT molecular complexity index is 1190. The quantitative estimate of drug-likeness (QED) is 0.519. The van der Waals surface area contributed by atoms with Gasteiger partial charge in [-0.15, -0.1) is 0 Å². The van der Waals surface area contributed by atoms with Gasteiger partial charge in [0.1, 0.15) is 17.5 Å². The summed E-state index contributed by atoms with van der Waals surface area (Å²) in [5.41, 5.74) is 4.13. The first-order chi connectivity index (χ1) is 16.8. The van der Waals surface area contributed by atoms with Crippen LogP contribution >= 0.6 is 0 Å². The first-order valence-electron chi connectivity index (χ1n) is 12.2. The molecule has 7 nitrogen and oxygen atoms in total. The zero-order chi connectivity index (χ0) is 25.1. The van der Waals surface area contributed by atoms with Crippen LogP contribution in [0.3, 0.4) is 0 Å². The van der Waals surface area contributed by atoms with Gasteiger partial charge in [0, 0.05) is 41.3 Å². The van der Waals surface area contributed by atoms with Crippen molar-refractivity contribution in [3.8, 4) is 11.5 Å². The Morgan fingerprint density at radius 2 is 1.66 bits per heavy atom. The van der Waals surface area contributed by atoms with Crippen molar-refractivity contribution < 1.29 is 19.1 Å². The van der Waals surface area contributed by atoms with E-state index in [9.17, 15) is 9.59 Å². The fraction of sp³-hybridized carbons (Fsp3) is 0.429. The fourth-order valence-electron chi connectivity index (χ4n) is 5.09. The van der Waals surface area contributed by atoms with E-state index in [0.29, 0.717) is 36.1 Å². The number of piperidine rings is 1. The van der Waals surface area contributed by atoms with Crippen molar-refractivity contribution in [2.24, 2.45) is 5.92 Å². The van der Waals surface area contributed by atoms with Crippen LogP contribution in [-0.4, -0.2) is 55.0 Å². The van der Waals surface area contributed by atoms with Crippen LogP contribution in [0.25, 0.3) is 10.9 Å². The van der Waals surface area contributed by atoms with Crippen LogP contribution < -0.4 is 14.8 Å². The number of H-pyrrole nitrogens is 1. The molecule has 2 aromatic carbocycles. The lowest BCUT2D eigenvalue weighted by Crippen LogP contribution is -2.52. The molecule has 2 N–H and O–H groups in total. The number of carbonyl (C=O) groups is 2. The number of benzene rings is 2. The molecule has 1 aromatic heterocycles. The number of hydrogen-bond donors (Lipinski definition) is 2. The number of aromatic nitrogens is 1. The highest BCUT2D eigenvalue weighted by Gasteiger charge is 2.33. The highest BCUT2D eigenvalue weighted by atomic mass is 16.5. The molecule has 1 fully saturated rings. The maximum Gasteiger partial charge on any atom is 0.252 e. The minimum Gasteiger partial charge on any atom is -0.497 e. The normalized spacial score (nSPS) is 15.3. The molecule has 0 bridgehead atoms. The van der Waals surface area contributed by atoms with Gasteiger partial charge in [-0.1, -0.05) is 32.0 Å². The Hall–Kier alpha value is -3.48. The Labute approximate surface area is 206 Å². The van der Waals surface area contributed by atoms with Gasteiger partial charge in [0.15, 0.2) is 0 Å². The molecule has 0 radical (unpaired) electrons. The third kappa shape index (κ3) is 5.14. The molecule has 0 saturated carbocycles. The number of amides is 2. The number of methoxy groups -OCH3 is 2. The topological polar surface area (TPSA) is 83.7 Å². The Morgan fingerprint density at radius 1 is 1.03 bits per heavy atom. The van der Waals surface area contributed by atoms with E-state index in [4.69, 9.17) is 9.47 Å². The van der Waals surface area contributed by atoms with E-state index >= 15 is 0 Å². The maximum atomic E-state index is 13.5. The Morgan fingerprint density at radius 3 is 2.26 bits per heavy atom. The first kappa shape index (κ1) is 24.6. The van der Waals surface area contributed by atoms with Crippen molar-refractivity contribution in [1.82, 2.24) is 15.2 Å². The van der Waals surface area contributed by atoms with Crippen molar-refractivity contribution in [2.75, 3.05) is 27.3 Å². The van der Waals surface area contributed by atoms with Crippen molar-refractivity contribution in [3.63, 3.8) is 0 Å². The molecule has 0 aliphatic carbocycles. The molecular weight excluding hydrogens is 442 g/mol. The van der Waals surface area contributed by atoms with Gasteiger partial charge >= 0.3 is 0 Å². The molecule has 1 unspecified atom stereocenters. The largest absolute Gasteiger partial charge is 0.497 e. The number of rotatable bonds is 7. The number of aromatic amines is 1. The van der Waals surface area contributed by atoms with Crippen molar-refractivity contribution in [2.45, 2.75) is 45.6 Å². The van der Waals surface area contributed by atoms with Crippen LogP contribution in [-0.2, 0) is 4.79 Å². The fourth-order valence-corrected chi connectivity index (χ4v) is 5.09. The third-order valence-corrected chi connectivity index (χ3v) is 6.99. The van der Waals surface area contributed by atoms with E-state index < -0.39 is 6.04 Å². The molecule has 2 heterocycles. The van der Waals surface area contributed by atoms with Gasteiger partial charge in [0.25, 0.3) is 5.91 Å². The van der Waals surface area contributed by atoms with Gasteiger partial charge in [-0.25, -0.2) is 0 Å². The molecule has 1 aliphatic heterocycles. The summed E-state index contributed by atoms with van der Waals surface area (Å²) in [4.78, 5) is 31.9. The maximum absolute atomic E-state index is 13.5. The lowest BCUT2D eigenvalue weighted by atomic mass is 9.87. The van der Waals surface area contributed by atoms with Crippen LogP contribution in [0.15, 0.2) is 42.5 Å². The number of carbonyl (C=O) groups excluding carboxylic acids is 2. The number of nitrogens with one attached hydrogen (secondary N) is 2. The predicted molar refractivity (Wildman–Crippen MR) is 137 cm³/mol. The summed E-state index contributed by atoms with van der Waals surface area (Å²) in [5, 5.41) is 4.23.